The molecule has 3 N–H and O–H groups in total. The smallest absolute Gasteiger partial charge is 0.317 e. The fourth-order valence-corrected chi connectivity index (χ4v) is 5.23. The van der Waals surface area contributed by atoms with Crippen LogP contribution in [-0.4, -0.2) is 94.8 Å². The van der Waals surface area contributed by atoms with E-state index >= 15 is 0 Å². The lowest BCUT2D eigenvalue weighted by Crippen LogP contribution is -2.42. The minimum Gasteiger partial charge on any atom is -0.480 e. The summed E-state index contributed by atoms with van der Waals surface area (Å²) in [4.78, 5) is 76.1. The Balaban J connectivity index is 2.16. The Morgan fingerprint density at radius 1 is 0.780 bits per heavy atom. The predicted molar refractivity (Wildman–Crippen MR) is 181 cm³/mol. The highest BCUT2D eigenvalue weighted by molar-refractivity contribution is 6.09. The standard InChI is InChI=1S/C37H49NO12/c1-6-8-18-48-33(45)27(20-37(5,7-2)35(47)49-24-28(39)21-38(22-30(40)41)23-31(42)43)19-36(3,4)34(46)50-29-16-14-26(15-17-29)32(44)25-12-10-9-11-13-25/h9-17,27-28,39H,6-8,18-24H2,1-5H3,(H,40,41)(H,42,43). The molecule has 0 aliphatic rings. The molecule has 0 saturated carbocycles. The number of aliphatic hydroxyl groups is 1. The van der Waals surface area contributed by atoms with Crippen LogP contribution in [0.15, 0.2) is 54.6 Å². The van der Waals surface area contributed by atoms with Crippen molar-refractivity contribution in [1.82, 2.24) is 4.90 Å². The van der Waals surface area contributed by atoms with Gasteiger partial charge in [-0.05, 0) is 70.7 Å². The summed E-state index contributed by atoms with van der Waals surface area (Å²) in [5, 5.41) is 28.5. The molecule has 274 valence electrons. The van der Waals surface area contributed by atoms with Gasteiger partial charge < -0.3 is 29.5 Å². The van der Waals surface area contributed by atoms with Gasteiger partial charge in [-0.15, -0.1) is 0 Å². The fraction of sp³-hybridized carbons (Fsp3) is 0.514. The Kier molecular flexibility index (Phi) is 16.2. The third-order valence-electron chi connectivity index (χ3n) is 8.31. The molecule has 50 heavy (non-hydrogen) atoms. The molecule has 0 heterocycles. The average molecular weight is 700 g/mol. The maximum Gasteiger partial charge on any atom is 0.317 e. The average Bonchev–Trinajstić information content (AvgIpc) is 3.06. The first kappa shape index (κ1) is 41.6. The summed E-state index contributed by atoms with van der Waals surface area (Å²) >= 11 is 0. The van der Waals surface area contributed by atoms with Crippen LogP contribution in [0.25, 0.3) is 0 Å². The lowest BCUT2D eigenvalue weighted by molar-refractivity contribution is -0.163. The van der Waals surface area contributed by atoms with E-state index in [0.29, 0.717) is 17.5 Å². The number of carboxylic acid groups (broad SMARTS) is 2. The highest BCUT2D eigenvalue weighted by Crippen LogP contribution is 2.38. The van der Waals surface area contributed by atoms with E-state index in [1.807, 2.05) is 13.0 Å². The van der Waals surface area contributed by atoms with Crippen molar-refractivity contribution in [2.45, 2.75) is 72.8 Å². The zero-order valence-corrected chi connectivity index (χ0v) is 29.4. The van der Waals surface area contributed by atoms with Gasteiger partial charge in [-0.1, -0.05) is 50.6 Å². The van der Waals surface area contributed by atoms with Crippen LogP contribution >= 0.6 is 0 Å². The number of hydrogen-bond acceptors (Lipinski definition) is 11. The van der Waals surface area contributed by atoms with Crippen LogP contribution in [0, 0.1) is 16.7 Å². The number of carboxylic acids is 2. The second kappa shape index (κ2) is 19.5. The number of carbonyl (C=O) groups is 6. The maximum atomic E-state index is 13.4. The Morgan fingerprint density at radius 3 is 1.90 bits per heavy atom. The second-order valence-electron chi connectivity index (χ2n) is 13.2. The third-order valence-corrected chi connectivity index (χ3v) is 8.31. The van der Waals surface area contributed by atoms with Gasteiger partial charge in [0.25, 0.3) is 0 Å². The van der Waals surface area contributed by atoms with Gasteiger partial charge in [0.2, 0.25) is 0 Å². The zero-order valence-electron chi connectivity index (χ0n) is 29.4. The topological polar surface area (TPSA) is 194 Å². The molecule has 0 spiro atoms. The molecule has 3 atom stereocenters. The van der Waals surface area contributed by atoms with Crippen LogP contribution in [0.2, 0.25) is 0 Å². The summed E-state index contributed by atoms with van der Waals surface area (Å²) in [7, 11) is 0. The van der Waals surface area contributed by atoms with Crippen LogP contribution in [0.1, 0.15) is 82.6 Å². The van der Waals surface area contributed by atoms with Gasteiger partial charge in [-0.2, -0.15) is 0 Å². The molecule has 0 saturated heterocycles. The van der Waals surface area contributed by atoms with E-state index in [1.54, 1.807) is 64.1 Å². The van der Waals surface area contributed by atoms with Crippen molar-refractivity contribution >= 4 is 35.6 Å². The SMILES string of the molecule is CCCCOC(=O)C(CC(C)(C)C(=O)Oc1ccc(C(=O)c2ccccc2)cc1)CC(C)(CC)C(=O)OCC(O)CN(CC(=O)O)CC(=O)O. The number of benzene rings is 2. The van der Waals surface area contributed by atoms with Crippen LogP contribution < -0.4 is 4.74 Å². The molecule has 0 aliphatic carbocycles. The lowest BCUT2D eigenvalue weighted by atomic mass is 9.73. The van der Waals surface area contributed by atoms with Gasteiger partial charge in [0.1, 0.15) is 18.5 Å². The zero-order chi connectivity index (χ0) is 37.5. The minimum absolute atomic E-state index is 0.0355. The number of ether oxygens (including phenoxy) is 3. The number of carbonyl (C=O) groups excluding carboxylic acids is 4. The molecular formula is C37H49NO12. The number of unbranched alkanes of at least 4 members (excludes halogenated alkanes) is 1. The minimum atomic E-state index is -1.38. The highest BCUT2D eigenvalue weighted by Gasteiger charge is 2.43. The van der Waals surface area contributed by atoms with E-state index in [4.69, 9.17) is 24.4 Å². The molecule has 0 fully saturated rings. The molecular weight excluding hydrogens is 650 g/mol. The Labute approximate surface area is 292 Å². The Bertz CT molecular complexity index is 1440. The maximum absolute atomic E-state index is 13.4. The molecule has 13 heteroatoms. The van der Waals surface area contributed by atoms with Crippen molar-refractivity contribution in [2.24, 2.45) is 16.7 Å². The quantitative estimate of drug-likeness (QED) is 0.0679. The van der Waals surface area contributed by atoms with Gasteiger partial charge in [0.15, 0.2) is 5.78 Å². The van der Waals surface area contributed by atoms with Crippen molar-refractivity contribution in [3.05, 3.63) is 65.7 Å². The van der Waals surface area contributed by atoms with E-state index in [9.17, 15) is 33.9 Å². The number of hydrogen-bond donors (Lipinski definition) is 3. The number of aliphatic carboxylic acids is 2. The predicted octanol–water partition coefficient (Wildman–Crippen LogP) is 4.38. The van der Waals surface area contributed by atoms with Crippen molar-refractivity contribution in [3.63, 3.8) is 0 Å². The summed E-state index contributed by atoms with van der Waals surface area (Å²) < 4.78 is 16.6. The van der Waals surface area contributed by atoms with Crippen molar-refractivity contribution in [3.8, 4) is 5.75 Å². The number of ketones is 1. The molecule has 2 aromatic rings. The Hall–Kier alpha value is -4.62. The second-order valence-corrected chi connectivity index (χ2v) is 13.2. The normalized spacial score (nSPS) is 13.8. The molecule has 3 unspecified atom stereocenters. The van der Waals surface area contributed by atoms with Gasteiger partial charge in [-0.25, -0.2) is 0 Å². The molecule has 0 radical (unpaired) electrons. The van der Waals surface area contributed by atoms with E-state index < -0.39 is 72.4 Å². The van der Waals surface area contributed by atoms with Crippen molar-refractivity contribution in [1.29, 1.82) is 0 Å². The van der Waals surface area contributed by atoms with E-state index in [-0.39, 0.29) is 43.9 Å². The molecule has 0 aliphatic heterocycles. The van der Waals surface area contributed by atoms with E-state index in [0.717, 1.165) is 11.3 Å². The summed E-state index contributed by atoms with van der Waals surface area (Å²) in [5.74, 6) is -5.44. The Morgan fingerprint density at radius 2 is 1.36 bits per heavy atom. The van der Waals surface area contributed by atoms with Gasteiger partial charge in [-0.3, -0.25) is 33.7 Å². The first-order chi connectivity index (χ1) is 23.5. The number of aliphatic hydroxyl groups excluding tert-OH is 1. The van der Waals surface area contributed by atoms with E-state index in [2.05, 4.69) is 0 Å². The first-order valence-corrected chi connectivity index (χ1v) is 16.6. The molecule has 13 nitrogen and oxygen atoms in total. The van der Waals surface area contributed by atoms with Crippen LogP contribution in [0.4, 0.5) is 0 Å². The largest absolute Gasteiger partial charge is 0.480 e. The van der Waals surface area contributed by atoms with Crippen LogP contribution in [0.5, 0.6) is 5.75 Å². The molecule has 2 rings (SSSR count). The van der Waals surface area contributed by atoms with Crippen LogP contribution in [-0.2, 0) is 33.4 Å². The lowest BCUT2D eigenvalue weighted by Gasteiger charge is -2.33. The first-order valence-electron chi connectivity index (χ1n) is 16.6. The van der Waals surface area contributed by atoms with Gasteiger partial charge >= 0.3 is 29.8 Å². The van der Waals surface area contributed by atoms with Crippen LogP contribution in [0.3, 0.4) is 0 Å². The van der Waals surface area contributed by atoms with E-state index in [1.165, 1.54) is 12.1 Å². The van der Waals surface area contributed by atoms with Crippen molar-refractivity contribution < 1.29 is 58.3 Å². The molecule has 2 aromatic carbocycles. The summed E-state index contributed by atoms with van der Waals surface area (Å²) in [6.45, 7) is 6.48. The number of nitrogens with zero attached hydrogens (tertiary/aromatic N) is 1. The molecule has 0 bridgehead atoms. The van der Waals surface area contributed by atoms with Crippen molar-refractivity contribution in [2.75, 3.05) is 32.8 Å². The monoisotopic (exact) mass is 699 g/mol. The molecule has 0 amide bonds. The van der Waals surface area contributed by atoms with Gasteiger partial charge in [0, 0.05) is 17.7 Å². The third kappa shape index (κ3) is 13.4. The van der Waals surface area contributed by atoms with Gasteiger partial charge in [0.05, 0.1) is 36.4 Å². The number of rotatable bonds is 22. The highest BCUT2D eigenvalue weighted by atomic mass is 16.5. The molecule has 0 aromatic heterocycles. The number of esters is 3. The summed E-state index contributed by atoms with van der Waals surface area (Å²) in [5.41, 5.74) is -1.54. The summed E-state index contributed by atoms with van der Waals surface area (Å²) in [6.07, 6.45) is 0.158. The summed E-state index contributed by atoms with van der Waals surface area (Å²) in [6, 6.07) is 14.9. The fourth-order valence-electron chi connectivity index (χ4n) is 5.23.